The van der Waals surface area contributed by atoms with Gasteiger partial charge in [0.1, 0.15) is 5.82 Å². The summed E-state index contributed by atoms with van der Waals surface area (Å²) in [5.41, 5.74) is 14.2. The first-order chi connectivity index (χ1) is 7.22. The number of nitrogens with two attached hydrogens (primary N) is 2. The van der Waals surface area contributed by atoms with E-state index in [4.69, 9.17) is 11.5 Å². The molecule has 15 heavy (non-hydrogen) atoms. The summed E-state index contributed by atoms with van der Waals surface area (Å²) in [6.07, 6.45) is 3.69. The van der Waals surface area contributed by atoms with E-state index in [1.807, 2.05) is 35.9 Å². The summed E-state index contributed by atoms with van der Waals surface area (Å²) in [5, 5.41) is 0. The monoisotopic (exact) mass is 202 g/mol. The van der Waals surface area contributed by atoms with Crippen LogP contribution in [0, 0.1) is 6.92 Å². The average molecular weight is 202 g/mol. The second-order valence-corrected chi connectivity index (χ2v) is 3.44. The van der Waals surface area contributed by atoms with Gasteiger partial charge in [-0.15, -0.1) is 0 Å². The van der Waals surface area contributed by atoms with Crippen LogP contribution < -0.4 is 11.5 Å². The average Bonchev–Trinajstić information content (AvgIpc) is 2.64. The number of benzene rings is 1. The third-order valence-corrected chi connectivity index (χ3v) is 2.41. The Bertz CT molecular complexity index is 473. The molecule has 1 aromatic heterocycles. The van der Waals surface area contributed by atoms with Crippen LogP contribution >= 0.6 is 0 Å². The molecule has 1 heterocycles. The highest BCUT2D eigenvalue weighted by molar-refractivity contribution is 5.51. The van der Waals surface area contributed by atoms with Gasteiger partial charge in [0.05, 0.1) is 5.69 Å². The van der Waals surface area contributed by atoms with Crippen LogP contribution in [0.15, 0.2) is 30.6 Å². The normalized spacial score (nSPS) is 10.5. The van der Waals surface area contributed by atoms with Crippen molar-refractivity contribution in [3.8, 4) is 5.69 Å². The lowest BCUT2D eigenvalue weighted by Gasteiger charge is -2.11. The largest absolute Gasteiger partial charge is 0.399 e. The maximum Gasteiger partial charge on any atom is 0.110 e. The Morgan fingerprint density at radius 3 is 2.80 bits per heavy atom. The van der Waals surface area contributed by atoms with Crippen LogP contribution in [0.4, 0.5) is 5.69 Å². The Morgan fingerprint density at radius 1 is 1.40 bits per heavy atom. The van der Waals surface area contributed by atoms with Gasteiger partial charge in [-0.25, -0.2) is 4.98 Å². The summed E-state index contributed by atoms with van der Waals surface area (Å²) < 4.78 is 2.00. The highest BCUT2D eigenvalue weighted by atomic mass is 15.1. The molecule has 4 nitrogen and oxygen atoms in total. The molecule has 4 N–H and O–H groups in total. The molecule has 0 aliphatic rings. The van der Waals surface area contributed by atoms with Gasteiger partial charge in [-0.3, -0.25) is 0 Å². The molecule has 0 spiro atoms. The molecule has 4 heteroatoms. The van der Waals surface area contributed by atoms with Gasteiger partial charge in [0.15, 0.2) is 0 Å². The van der Waals surface area contributed by atoms with Gasteiger partial charge in [-0.1, -0.05) is 0 Å². The zero-order chi connectivity index (χ0) is 10.8. The van der Waals surface area contributed by atoms with E-state index < -0.39 is 0 Å². The van der Waals surface area contributed by atoms with Gasteiger partial charge in [-0.05, 0) is 30.7 Å². The van der Waals surface area contributed by atoms with Crippen molar-refractivity contribution in [3.63, 3.8) is 0 Å². The molecule has 0 saturated carbocycles. The molecule has 0 aliphatic heterocycles. The Labute approximate surface area is 88.5 Å². The van der Waals surface area contributed by atoms with Crippen LogP contribution in [-0.2, 0) is 6.54 Å². The lowest BCUT2D eigenvalue weighted by Crippen LogP contribution is -2.06. The Balaban J connectivity index is 2.58. The predicted octanol–water partition coefficient (Wildman–Crippen LogP) is 1.22. The molecule has 0 unspecified atom stereocenters. The van der Waals surface area contributed by atoms with Crippen LogP contribution in [0.3, 0.4) is 0 Å². The molecular weight excluding hydrogens is 188 g/mol. The fourth-order valence-corrected chi connectivity index (χ4v) is 1.64. The molecule has 0 fully saturated rings. The number of nitrogen functional groups attached to an aromatic ring is 1. The second kappa shape index (κ2) is 3.74. The number of anilines is 1. The maximum atomic E-state index is 5.71. The van der Waals surface area contributed by atoms with Crippen LogP contribution in [0.25, 0.3) is 5.69 Å². The maximum absolute atomic E-state index is 5.71. The number of aromatic nitrogens is 2. The SMILES string of the molecule is Cc1nccn1-c1ccc(N)cc1CN. The standard InChI is InChI=1S/C11H14N4/c1-8-14-4-5-15(8)11-3-2-10(13)6-9(11)7-12/h2-6H,7,12-13H2,1H3. The van der Waals surface area contributed by atoms with Crippen LogP contribution in [0.1, 0.15) is 11.4 Å². The van der Waals surface area contributed by atoms with Crippen LogP contribution in [0.5, 0.6) is 0 Å². The molecule has 1 aromatic carbocycles. The number of rotatable bonds is 2. The number of hydrogen-bond acceptors (Lipinski definition) is 3. The molecule has 0 bridgehead atoms. The van der Waals surface area contributed by atoms with Crippen molar-refractivity contribution < 1.29 is 0 Å². The molecule has 0 amide bonds. The summed E-state index contributed by atoms with van der Waals surface area (Å²) in [5.74, 6) is 0.939. The molecule has 0 saturated heterocycles. The number of imidazole rings is 1. The second-order valence-electron chi connectivity index (χ2n) is 3.44. The first-order valence-electron chi connectivity index (χ1n) is 4.81. The number of aryl methyl sites for hydroxylation is 1. The van der Waals surface area contributed by atoms with Gasteiger partial charge < -0.3 is 16.0 Å². The molecule has 2 aromatic rings. The quantitative estimate of drug-likeness (QED) is 0.719. The molecule has 0 radical (unpaired) electrons. The zero-order valence-electron chi connectivity index (χ0n) is 8.64. The highest BCUT2D eigenvalue weighted by Crippen LogP contribution is 2.18. The summed E-state index contributed by atoms with van der Waals surface area (Å²) in [7, 11) is 0. The predicted molar refractivity (Wildman–Crippen MR) is 60.6 cm³/mol. The van der Waals surface area contributed by atoms with Crippen LogP contribution in [-0.4, -0.2) is 9.55 Å². The third-order valence-electron chi connectivity index (χ3n) is 2.41. The summed E-state index contributed by atoms with van der Waals surface area (Å²) >= 11 is 0. The fourth-order valence-electron chi connectivity index (χ4n) is 1.64. The number of nitrogens with zero attached hydrogens (tertiary/aromatic N) is 2. The van der Waals surface area contributed by atoms with Gasteiger partial charge in [0.25, 0.3) is 0 Å². The Hall–Kier alpha value is -1.81. The van der Waals surface area contributed by atoms with Crippen molar-refractivity contribution in [2.45, 2.75) is 13.5 Å². The lowest BCUT2D eigenvalue weighted by atomic mass is 10.1. The van der Waals surface area contributed by atoms with Gasteiger partial charge in [0, 0.05) is 24.6 Å². The van der Waals surface area contributed by atoms with E-state index in [0.29, 0.717) is 6.54 Å². The van der Waals surface area contributed by atoms with Crippen molar-refractivity contribution in [1.29, 1.82) is 0 Å². The van der Waals surface area contributed by atoms with Crippen molar-refractivity contribution in [2.75, 3.05) is 5.73 Å². The summed E-state index contributed by atoms with van der Waals surface area (Å²) in [6.45, 7) is 2.43. The Kier molecular flexibility index (Phi) is 2.43. The minimum atomic E-state index is 0.470. The fraction of sp³-hybridized carbons (Fsp3) is 0.182. The van der Waals surface area contributed by atoms with E-state index in [0.717, 1.165) is 22.8 Å². The van der Waals surface area contributed by atoms with Crippen molar-refractivity contribution >= 4 is 5.69 Å². The van der Waals surface area contributed by atoms with E-state index in [2.05, 4.69) is 4.98 Å². The van der Waals surface area contributed by atoms with E-state index >= 15 is 0 Å². The van der Waals surface area contributed by atoms with Crippen LogP contribution in [0.2, 0.25) is 0 Å². The van der Waals surface area contributed by atoms with E-state index in [9.17, 15) is 0 Å². The summed E-state index contributed by atoms with van der Waals surface area (Å²) in [6, 6.07) is 5.73. The van der Waals surface area contributed by atoms with Crippen molar-refractivity contribution in [1.82, 2.24) is 9.55 Å². The smallest absolute Gasteiger partial charge is 0.110 e. The molecular formula is C11H14N4. The van der Waals surface area contributed by atoms with Gasteiger partial charge in [-0.2, -0.15) is 0 Å². The number of hydrogen-bond donors (Lipinski definition) is 2. The Morgan fingerprint density at radius 2 is 2.20 bits per heavy atom. The first kappa shape index (κ1) is 9.73. The zero-order valence-corrected chi connectivity index (χ0v) is 8.64. The topological polar surface area (TPSA) is 69.9 Å². The van der Waals surface area contributed by atoms with E-state index in [-0.39, 0.29) is 0 Å². The minimum Gasteiger partial charge on any atom is -0.399 e. The van der Waals surface area contributed by atoms with E-state index in [1.165, 1.54) is 0 Å². The molecule has 0 aliphatic carbocycles. The third kappa shape index (κ3) is 1.71. The first-order valence-corrected chi connectivity index (χ1v) is 4.81. The highest BCUT2D eigenvalue weighted by Gasteiger charge is 2.05. The van der Waals surface area contributed by atoms with Crippen molar-refractivity contribution in [2.24, 2.45) is 5.73 Å². The van der Waals surface area contributed by atoms with Gasteiger partial charge >= 0.3 is 0 Å². The van der Waals surface area contributed by atoms with Gasteiger partial charge in [0.2, 0.25) is 0 Å². The molecule has 2 rings (SSSR count). The molecule has 0 atom stereocenters. The lowest BCUT2D eigenvalue weighted by molar-refractivity contribution is 0.938. The molecule has 78 valence electrons. The summed E-state index contributed by atoms with van der Waals surface area (Å²) in [4.78, 5) is 4.18. The minimum absolute atomic E-state index is 0.470. The van der Waals surface area contributed by atoms with E-state index in [1.54, 1.807) is 6.20 Å². The van der Waals surface area contributed by atoms with Crippen molar-refractivity contribution in [3.05, 3.63) is 42.0 Å².